The van der Waals surface area contributed by atoms with Crippen molar-refractivity contribution in [3.63, 3.8) is 0 Å². The second kappa shape index (κ2) is 3.58. The van der Waals surface area contributed by atoms with Gasteiger partial charge < -0.3 is 9.47 Å². The smallest absolute Gasteiger partial charge is 0.310 e. The zero-order valence-corrected chi connectivity index (χ0v) is 8.49. The van der Waals surface area contributed by atoms with Crippen molar-refractivity contribution >= 4 is 40.8 Å². The van der Waals surface area contributed by atoms with Crippen molar-refractivity contribution in [1.82, 2.24) is 0 Å². The third-order valence-electron chi connectivity index (χ3n) is 1.32. The molecular weight excluding hydrogens is 226 g/mol. The third-order valence-corrected chi connectivity index (χ3v) is 1.85. The number of hydrogen-bond acceptors (Lipinski definition) is 3. The fourth-order valence-corrected chi connectivity index (χ4v) is 1.12. The number of alkyl halides is 3. The Kier molecular flexibility index (Phi) is 3.10. The Hall–Kier alpha value is 0.300. The molecule has 1 saturated heterocycles. The minimum absolute atomic E-state index is 0.192. The van der Waals surface area contributed by atoms with E-state index in [0.717, 1.165) is 0 Å². The lowest BCUT2D eigenvalue weighted by Gasteiger charge is -2.31. The Bertz CT molecular complexity index is 189. The van der Waals surface area contributed by atoms with Crippen LogP contribution in [0.2, 0.25) is 0 Å². The molecule has 0 spiro atoms. The first-order valence-corrected chi connectivity index (χ1v) is 4.44. The van der Waals surface area contributed by atoms with E-state index in [4.69, 9.17) is 39.5 Å². The standard InChI is InChI=1S/C6H7Cl3O3/c1-3-2-4(10)12-5(11-3)6(7,8)9/h3,5H,2H2,1H3/t3-,5-/m1/s1. The summed E-state index contributed by atoms with van der Waals surface area (Å²) in [5.74, 6) is -0.412. The fraction of sp³-hybridized carbons (Fsp3) is 0.833. The van der Waals surface area contributed by atoms with E-state index in [0.29, 0.717) is 0 Å². The summed E-state index contributed by atoms with van der Waals surface area (Å²) >= 11 is 16.4. The molecule has 1 heterocycles. The summed E-state index contributed by atoms with van der Waals surface area (Å²) in [5, 5.41) is 0. The Morgan fingerprint density at radius 1 is 1.50 bits per heavy atom. The molecule has 12 heavy (non-hydrogen) atoms. The van der Waals surface area contributed by atoms with Gasteiger partial charge in [0.25, 0.3) is 10.1 Å². The first-order valence-electron chi connectivity index (χ1n) is 3.31. The quantitative estimate of drug-likeness (QED) is 0.474. The maximum atomic E-state index is 10.9. The minimum atomic E-state index is -1.72. The predicted octanol–water partition coefficient (Wildman–Crippen LogP) is 2.03. The summed E-state index contributed by atoms with van der Waals surface area (Å²) in [6.07, 6.45) is -1.18. The molecule has 0 radical (unpaired) electrons. The first kappa shape index (κ1) is 10.4. The highest BCUT2D eigenvalue weighted by Gasteiger charge is 2.41. The average molecular weight is 233 g/mol. The molecule has 3 nitrogen and oxygen atoms in total. The number of halogens is 3. The van der Waals surface area contributed by atoms with Gasteiger partial charge in [0.2, 0.25) is 0 Å². The molecule has 1 aliphatic heterocycles. The highest BCUT2D eigenvalue weighted by Crippen LogP contribution is 2.35. The van der Waals surface area contributed by atoms with E-state index in [1.807, 2.05) is 0 Å². The van der Waals surface area contributed by atoms with Crippen molar-refractivity contribution in [1.29, 1.82) is 0 Å². The fourth-order valence-electron chi connectivity index (χ4n) is 0.833. The molecule has 0 aromatic heterocycles. The van der Waals surface area contributed by atoms with Crippen molar-refractivity contribution in [3.8, 4) is 0 Å². The lowest BCUT2D eigenvalue weighted by molar-refractivity contribution is -0.210. The van der Waals surface area contributed by atoms with Gasteiger partial charge in [0.15, 0.2) is 0 Å². The molecule has 6 heteroatoms. The van der Waals surface area contributed by atoms with E-state index in [-0.39, 0.29) is 12.5 Å². The number of carbonyl (C=O) groups excluding carboxylic acids is 1. The number of ether oxygens (including phenoxy) is 2. The number of hydrogen-bond donors (Lipinski definition) is 0. The molecule has 0 aromatic rings. The van der Waals surface area contributed by atoms with Crippen LogP contribution in [0.15, 0.2) is 0 Å². The normalized spacial score (nSPS) is 31.5. The monoisotopic (exact) mass is 232 g/mol. The highest BCUT2D eigenvalue weighted by molar-refractivity contribution is 6.68. The van der Waals surface area contributed by atoms with E-state index in [1.54, 1.807) is 6.92 Å². The lowest BCUT2D eigenvalue weighted by atomic mass is 10.3. The molecule has 0 unspecified atom stereocenters. The molecule has 1 rings (SSSR count). The lowest BCUT2D eigenvalue weighted by Crippen LogP contribution is -2.41. The van der Waals surface area contributed by atoms with Crippen LogP contribution in [0, 0.1) is 0 Å². The molecule has 1 fully saturated rings. The van der Waals surface area contributed by atoms with Gasteiger partial charge in [0.05, 0.1) is 12.5 Å². The van der Waals surface area contributed by atoms with Crippen LogP contribution in [-0.4, -0.2) is 22.2 Å². The summed E-state index contributed by atoms with van der Waals surface area (Å²) < 4.78 is 8.03. The zero-order valence-electron chi connectivity index (χ0n) is 6.22. The molecular formula is C6H7Cl3O3. The van der Waals surface area contributed by atoms with E-state index in [9.17, 15) is 4.79 Å². The van der Waals surface area contributed by atoms with Crippen molar-refractivity contribution < 1.29 is 14.3 Å². The Morgan fingerprint density at radius 2 is 2.08 bits per heavy atom. The van der Waals surface area contributed by atoms with Crippen LogP contribution in [0.5, 0.6) is 0 Å². The van der Waals surface area contributed by atoms with Crippen LogP contribution in [-0.2, 0) is 14.3 Å². The second-order valence-electron chi connectivity index (χ2n) is 2.51. The molecule has 0 aromatic carbocycles. The van der Waals surface area contributed by atoms with E-state index >= 15 is 0 Å². The van der Waals surface area contributed by atoms with Gasteiger partial charge in [-0.1, -0.05) is 34.8 Å². The van der Waals surface area contributed by atoms with Crippen molar-refractivity contribution in [2.75, 3.05) is 0 Å². The maximum Gasteiger partial charge on any atom is 0.310 e. The molecule has 70 valence electrons. The molecule has 0 aliphatic carbocycles. The Balaban J connectivity index is 2.62. The van der Waals surface area contributed by atoms with Gasteiger partial charge in [-0.15, -0.1) is 0 Å². The van der Waals surface area contributed by atoms with Crippen LogP contribution < -0.4 is 0 Å². The largest absolute Gasteiger partial charge is 0.431 e. The Morgan fingerprint density at radius 3 is 2.50 bits per heavy atom. The third kappa shape index (κ3) is 2.66. The van der Waals surface area contributed by atoms with Gasteiger partial charge >= 0.3 is 5.97 Å². The van der Waals surface area contributed by atoms with E-state index in [2.05, 4.69) is 4.74 Å². The predicted molar refractivity (Wildman–Crippen MR) is 45.3 cm³/mol. The van der Waals surface area contributed by atoms with Crippen LogP contribution in [0.25, 0.3) is 0 Å². The van der Waals surface area contributed by atoms with Gasteiger partial charge in [-0.05, 0) is 6.92 Å². The second-order valence-corrected chi connectivity index (χ2v) is 4.88. The highest BCUT2D eigenvalue weighted by atomic mass is 35.6. The molecule has 0 amide bonds. The molecule has 0 saturated carbocycles. The average Bonchev–Trinajstić information content (AvgIpc) is 1.82. The van der Waals surface area contributed by atoms with Gasteiger partial charge in [-0.2, -0.15) is 0 Å². The summed E-state index contributed by atoms with van der Waals surface area (Å²) in [6.45, 7) is 1.71. The van der Waals surface area contributed by atoms with Gasteiger partial charge in [0, 0.05) is 0 Å². The van der Waals surface area contributed by atoms with E-state index in [1.165, 1.54) is 0 Å². The number of esters is 1. The molecule has 0 N–H and O–H groups in total. The van der Waals surface area contributed by atoms with Crippen molar-refractivity contribution in [3.05, 3.63) is 0 Å². The minimum Gasteiger partial charge on any atom is -0.431 e. The topological polar surface area (TPSA) is 35.5 Å². The number of cyclic esters (lactones) is 1. The molecule has 0 bridgehead atoms. The van der Waals surface area contributed by atoms with E-state index < -0.39 is 16.1 Å². The van der Waals surface area contributed by atoms with Crippen LogP contribution >= 0.6 is 34.8 Å². The zero-order chi connectivity index (χ0) is 9.35. The van der Waals surface area contributed by atoms with Crippen molar-refractivity contribution in [2.24, 2.45) is 0 Å². The van der Waals surface area contributed by atoms with Crippen LogP contribution in [0.3, 0.4) is 0 Å². The SMILES string of the molecule is C[C@@H]1CC(=O)O[C@H](C(Cl)(Cl)Cl)O1. The summed E-state index contributed by atoms with van der Waals surface area (Å²) in [4.78, 5) is 10.9. The maximum absolute atomic E-state index is 10.9. The summed E-state index contributed by atoms with van der Waals surface area (Å²) in [7, 11) is 0. The van der Waals surface area contributed by atoms with Gasteiger partial charge in [0.1, 0.15) is 0 Å². The summed E-state index contributed by atoms with van der Waals surface area (Å²) in [6, 6.07) is 0. The van der Waals surface area contributed by atoms with Crippen molar-refractivity contribution in [2.45, 2.75) is 29.5 Å². The van der Waals surface area contributed by atoms with Crippen LogP contribution in [0.1, 0.15) is 13.3 Å². The Labute approximate surface area is 84.9 Å². The van der Waals surface area contributed by atoms with Crippen LogP contribution in [0.4, 0.5) is 0 Å². The van der Waals surface area contributed by atoms with Gasteiger partial charge in [-0.3, -0.25) is 4.79 Å². The number of carbonyl (C=O) groups is 1. The molecule has 1 aliphatic rings. The molecule has 2 atom stereocenters. The van der Waals surface area contributed by atoms with Gasteiger partial charge in [-0.25, -0.2) is 0 Å². The summed E-state index contributed by atoms with van der Waals surface area (Å²) in [5.41, 5.74) is 0. The first-order chi connectivity index (χ1) is 5.39. The number of rotatable bonds is 0.